The lowest BCUT2D eigenvalue weighted by atomic mass is 10.0. The van der Waals surface area contributed by atoms with Crippen molar-refractivity contribution in [2.45, 2.75) is 19.3 Å². The number of hydrogen-bond acceptors (Lipinski definition) is 4. The van der Waals surface area contributed by atoms with Gasteiger partial charge in [-0.05, 0) is 41.7 Å². The Bertz CT molecular complexity index is 935. The van der Waals surface area contributed by atoms with Gasteiger partial charge in [0.15, 0.2) is 0 Å². The first-order valence-corrected chi connectivity index (χ1v) is 8.94. The van der Waals surface area contributed by atoms with Crippen LogP contribution in [0.1, 0.15) is 24.8 Å². The van der Waals surface area contributed by atoms with Crippen molar-refractivity contribution in [3.8, 4) is 0 Å². The number of anilines is 2. The van der Waals surface area contributed by atoms with Crippen LogP contribution < -0.4 is 10.2 Å². The van der Waals surface area contributed by atoms with E-state index >= 15 is 0 Å². The molecule has 0 bridgehead atoms. The average molecular weight is 347 g/mol. The summed E-state index contributed by atoms with van der Waals surface area (Å²) in [5, 5.41) is 12.0. The maximum Gasteiger partial charge on any atom is 0.250 e. The van der Waals surface area contributed by atoms with Gasteiger partial charge in [0.1, 0.15) is 0 Å². The summed E-state index contributed by atoms with van der Waals surface area (Å²) >= 11 is 0. The van der Waals surface area contributed by atoms with Crippen molar-refractivity contribution in [1.82, 2.24) is 15.2 Å². The van der Waals surface area contributed by atoms with Crippen LogP contribution in [0.5, 0.6) is 0 Å². The van der Waals surface area contributed by atoms with Crippen LogP contribution >= 0.6 is 0 Å². The Morgan fingerprint density at radius 2 is 1.88 bits per heavy atom. The van der Waals surface area contributed by atoms with E-state index in [0.29, 0.717) is 11.9 Å². The summed E-state index contributed by atoms with van der Waals surface area (Å²) in [6.07, 6.45) is 6.90. The Kier molecular flexibility index (Phi) is 4.64. The van der Waals surface area contributed by atoms with Gasteiger partial charge < -0.3 is 4.90 Å². The van der Waals surface area contributed by atoms with Gasteiger partial charge in [0.25, 0.3) is 5.91 Å². The van der Waals surface area contributed by atoms with Crippen LogP contribution in [0.3, 0.4) is 0 Å². The molecule has 0 atom stereocenters. The monoisotopic (exact) mass is 347 g/mol. The number of amides is 1. The molecule has 2 heterocycles. The van der Waals surface area contributed by atoms with Crippen LogP contribution in [-0.2, 0) is 4.79 Å². The standard InChI is InChI=1S/C20H21N5O/c26-18(12-11-16-9-6-8-15-7-2-3-10-17(15)16)21-19-22-20(24-23-19)25-13-4-1-5-14-25/h2-3,6-12H,1,4-5,13-14H2,(H2,21,22,23,24,26)/b12-11+. The number of rotatable bonds is 4. The van der Waals surface area contributed by atoms with Gasteiger partial charge in [-0.3, -0.25) is 10.1 Å². The van der Waals surface area contributed by atoms with Crippen LogP contribution in [0, 0.1) is 0 Å². The predicted octanol–water partition coefficient (Wildman–Crippen LogP) is 3.60. The third kappa shape index (κ3) is 3.59. The molecule has 4 rings (SSSR count). The second-order valence-corrected chi connectivity index (χ2v) is 6.42. The number of hydrogen-bond donors (Lipinski definition) is 2. The molecule has 0 radical (unpaired) electrons. The van der Waals surface area contributed by atoms with Crippen molar-refractivity contribution in [2.75, 3.05) is 23.3 Å². The number of carbonyl (C=O) groups excluding carboxylic acids is 1. The number of nitrogens with zero attached hydrogens (tertiary/aromatic N) is 3. The summed E-state index contributed by atoms with van der Waals surface area (Å²) in [4.78, 5) is 18.7. The number of piperidine rings is 1. The molecule has 26 heavy (non-hydrogen) atoms. The highest BCUT2D eigenvalue weighted by atomic mass is 16.1. The van der Waals surface area contributed by atoms with Crippen molar-refractivity contribution >= 4 is 34.7 Å². The molecule has 0 saturated carbocycles. The highest BCUT2D eigenvalue weighted by Gasteiger charge is 2.15. The molecule has 0 unspecified atom stereocenters. The van der Waals surface area contributed by atoms with Crippen LogP contribution in [0.4, 0.5) is 11.9 Å². The Morgan fingerprint density at radius 1 is 1.08 bits per heavy atom. The van der Waals surface area contributed by atoms with Gasteiger partial charge in [0.2, 0.25) is 11.9 Å². The molecule has 1 aliphatic heterocycles. The average Bonchev–Trinajstić information content (AvgIpc) is 3.15. The summed E-state index contributed by atoms with van der Waals surface area (Å²) in [5.41, 5.74) is 1.00. The minimum absolute atomic E-state index is 0.237. The van der Waals surface area contributed by atoms with E-state index in [9.17, 15) is 4.79 Å². The smallest absolute Gasteiger partial charge is 0.250 e. The van der Waals surface area contributed by atoms with Crippen molar-refractivity contribution in [1.29, 1.82) is 0 Å². The summed E-state index contributed by atoms with van der Waals surface area (Å²) in [6, 6.07) is 14.2. The molecule has 0 aliphatic carbocycles. The van der Waals surface area contributed by atoms with Gasteiger partial charge in [-0.1, -0.05) is 42.5 Å². The number of nitrogens with one attached hydrogen (secondary N) is 2. The van der Waals surface area contributed by atoms with Gasteiger partial charge in [0, 0.05) is 19.2 Å². The molecule has 1 fully saturated rings. The van der Waals surface area contributed by atoms with Gasteiger partial charge in [-0.25, -0.2) is 5.10 Å². The maximum absolute atomic E-state index is 12.2. The summed E-state index contributed by atoms with van der Waals surface area (Å²) in [5.74, 6) is 0.787. The third-order valence-electron chi connectivity index (χ3n) is 4.59. The first-order chi connectivity index (χ1) is 12.8. The molecule has 132 valence electrons. The molecule has 2 N–H and O–H groups in total. The molecule has 3 aromatic rings. The van der Waals surface area contributed by atoms with Crippen LogP contribution in [-0.4, -0.2) is 34.2 Å². The van der Waals surface area contributed by atoms with E-state index in [4.69, 9.17) is 0 Å². The predicted molar refractivity (Wildman–Crippen MR) is 104 cm³/mol. The second kappa shape index (κ2) is 7.39. The topological polar surface area (TPSA) is 73.9 Å². The lowest BCUT2D eigenvalue weighted by Gasteiger charge is -2.24. The Balaban J connectivity index is 1.43. The van der Waals surface area contributed by atoms with E-state index in [0.717, 1.165) is 42.3 Å². The molecular weight excluding hydrogens is 326 g/mol. The molecule has 1 aromatic heterocycles. The molecule has 6 heteroatoms. The lowest BCUT2D eigenvalue weighted by molar-refractivity contribution is -0.111. The van der Waals surface area contributed by atoms with E-state index in [2.05, 4.69) is 37.5 Å². The normalized spacial score (nSPS) is 14.8. The van der Waals surface area contributed by atoms with E-state index < -0.39 is 0 Å². The Labute approximate surface area is 151 Å². The molecule has 1 saturated heterocycles. The number of carbonyl (C=O) groups is 1. The zero-order chi connectivity index (χ0) is 17.8. The van der Waals surface area contributed by atoms with E-state index in [1.54, 1.807) is 0 Å². The maximum atomic E-state index is 12.2. The zero-order valence-corrected chi connectivity index (χ0v) is 14.5. The van der Waals surface area contributed by atoms with Gasteiger partial charge in [-0.2, -0.15) is 4.98 Å². The fourth-order valence-corrected chi connectivity index (χ4v) is 3.26. The van der Waals surface area contributed by atoms with Gasteiger partial charge >= 0.3 is 0 Å². The summed E-state index contributed by atoms with van der Waals surface area (Å²) in [7, 11) is 0. The first-order valence-electron chi connectivity index (χ1n) is 8.94. The number of aromatic nitrogens is 3. The van der Waals surface area contributed by atoms with Gasteiger partial charge in [0.05, 0.1) is 0 Å². The van der Waals surface area contributed by atoms with E-state index in [1.165, 1.54) is 12.5 Å². The fourth-order valence-electron chi connectivity index (χ4n) is 3.26. The zero-order valence-electron chi connectivity index (χ0n) is 14.5. The fraction of sp³-hybridized carbons (Fsp3) is 0.250. The molecule has 1 aliphatic rings. The Hall–Kier alpha value is -3.15. The minimum atomic E-state index is -0.237. The molecule has 1 amide bonds. The van der Waals surface area contributed by atoms with Crippen LogP contribution in [0.15, 0.2) is 48.5 Å². The largest absolute Gasteiger partial charge is 0.340 e. The SMILES string of the molecule is O=C(/C=C/c1cccc2ccccc12)Nc1nc(N2CCCCC2)n[nH]1. The first kappa shape index (κ1) is 16.3. The van der Waals surface area contributed by atoms with Crippen molar-refractivity contribution < 1.29 is 4.79 Å². The van der Waals surface area contributed by atoms with Crippen LogP contribution in [0.2, 0.25) is 0 Å². The van der Waals surface area contributed by atoms with Crippen LogP contribution in [0.25, 0.3) is 16.8 Å². The minimum Gasteiger partial charge on any atom is -0.340 e. The van der Waals surface area contributed by atoms with E-state index in [-0.39, 0.29) is 5.91 Å². The summed E-state index contributed by atoms with van der Waals surface area (Å²) in [6.45, 7) is 1.93. The van der Waals surface area contributed by atoms with E-state index in [1.807, 2.05) is 36.4 Å². The quantitative estimate of drug-likeness (QED) is 0.707. The highest BCUT2D eigenvalue weighted by Crippen LogP contribution is 2.20. The lowest BCUT2D eigenvalue weighted by Crippen LogP contribution is -2.30. The summed E-state index contributed by atoms with van der Waals surface area (Å²) < 4.78 is 0. The molecule has 2 aromatic carbocycles. The van der Waals surface area contributed by atoms with Crippen molar-refractivity contribution in [2.24, 2.45) is 0 Å². The number of benzene rings is 2. The van der Waals surface area contributed by atoms with Crippen molar-refractivity contribution in [3.05, 3.63) is 54.1 Å². The number of fused-ring (bicyclic) bond motifs is 1. The van der Waals surface area contributed by atoms with Crippen molar-refractivity contribution in [3.63, 3.8) is 0 Å². The third-order valence-corrected chi connectivity index (χ3v) is 4.59. The number of H-pyrrole nitrogens is 1. The highest BCUT2D eigenvalue weighted by molar-refractivity contribution is 6.02. The molecular formula is C20H21N5O. The van der Waals surface area contributed by atoms with Gasteiger partial charge in [-0.15, -0.1) is 5.10 Å². The number of aromatic amines is 1. The second-order valence-electron chi connectivity index (χ2n) is 6.42. The molecule has 0 spiro atoms. The Morgan fingerprint density at radius 3 is 2.77 bits per heavy atom. The molecule has 6 nitrogen and oxygen atoms in total.